The molecule has 27 heavy (non-hydrogen) atoms. The van der Waals surface area contributed by atoms with E-state index in [0.29, 0.717) is 4.47 Å². The van der Waals surface area contributed by atoms with E-state index >= 15 is 0 Å². The van der Waals surface area contributed by atoms with Gasteiger partial charge in [0.2, 0.25) is 0 Å². The molecule has 146 valence electrons. The van der Waals surface area contributed by atoms with Gasteiger partial charge in [0.1, 0.15) is 0 Å². The lowest BCUT2D eigenvalue weighted by Gasteiger charge is -2.13. The third-order valence-corrected chi connectivity index (χ3v) is 4.72. The van der Waals surface area contributed by atoms with Crippen molar-refractivity contribution in [1.29, 1.82) is 5.26 Å². The van der Waals surface area contributed by atoms with Crippen LogP contribution in [0.3, 0.4) is 0 Å². The summed E-state index contributed by atoms with van der Waals surface area (Å²) in [6.45, 7) is 2.62. The van der Waals surface area contributed by atoms with Crippen molar-refractivity contribution < 1.29 is 26.3 Å². The predicted molar refractivity (Wildman–Crippen MR) is 94.2 cm³/mol. The van der Waals surface area contributed by atoms with Crippen LogP contribution < -0.4 is 5.73 Å². The number of hydrogen-bond donors (Lipinski definition) is 1. The average molecular weight is 474 g/mol. The second kappa shape index (κ2) is 8.40. The highest BCUT2D eigenvalue weighted by Crippen LogP contribution is 2.39. The van der Waals surface area contributed by atoms with Crippen LogP contribution in [0.15, 0.2) is 28.7 Å². The first-order chi connectivity index (χ1) is 12.2. The van der Waals surface area contributed by atoms with E-state index < -0.39 is 23.5 Å². The van der Waals surface area contributed by atoms with Gasteiger partial charge in [-0.2, -0.15) is 31.6 Å². The molecule has 0 atom stereocenters. The van der Waals surface area contributed by atoms with Gasteiger partial charge in [-0.25, -0.2) is 0 Å². The lowest BCUT2D eigenvalue weighted by Crippen LogP contribution is -2.10. The Hall–Kier alpha value is -1.92. The van der Waals surface area contributed by atoms with E-state index in [0.717, 1.165) is 12.1 Å². The highest BCUT2D eigenvalue weighted by molar-refractivity contribution is 9.10. The smallest absolute Gasteiger partial charge is 0.399 e. The van der Waals surface area contributed by atoms with Gasteiger partial charge in [-0.1, -0.05) is 27.5 Å². The Morgan fingerprint density at radius 3 is 1.85 bits per heavy atom. The Balaban J connectivity index is 0.000000271. The molecule has 2 rings (SSSR count). The fraction of sp³-hybridized carbons (Fsp3) is 0.235. The zero-order chi connectivity index (χ0) is 21.2. The van der Waals surface area contributed by atoms with Crippen LogP contribution in [0.2, 0.25) is 5.02 Å². The van der Waals surface area contributed by atoms with Gasteiger partial charge >= 0.3 is 12.4 Å². The number of rotatable bonds is 0. The van der Waals surface area contributed by atoms with Crippen molar-refractivity contribution in [3.8, 4) is 6.07 Å². The van der Waals surface area contributed by atoms with Gasteiger partial charge in [0, 0.05) is 10.2 Å². The molecule has 0 aliphatic rings. The monoisotopic (exact) mass is 472 g/mol. The topological polar surface area (TPSA) is 49.8 Å². The minimum absolute atomic E-state index is 0.0278. The molecule has 0 saturated carbocycles. The van der Waals surface area contributed by atoms with Crippen LogP contribution in [0.5, 0.6) is 0 Å². The largest absolute Gasteiger partial charge is 0.418 e. The molecule has 0 radical (unpaired) electrons. The molecule has 0 aromatic heterocycles. The van der Waals surface area contributed by atoms with Crippen molar-refractivity contribution in [3.05, 3.63) is 61.6 Å². The Labute approximate surface area is 164 Å². The van der Waals surface area contributed by atoms with Gasteiger partial charge in [0.15, 0.2) is 0 Å². The molecule has 2 aromatic carbocycles. The summed E-state index contributed by atoms with van der Waals surface area (Å²) in [7, 11) is 0. The second-order valence-electron chi connectivity index (χ2n) is 5.34. The summed E-state index contributed by atoms with van der Waals surface area (Å²) >= 11 is 8.40. The Morgan fingerprint density at radius 2 is 1.44 bits per heavy atom. The third-order valence-electron chi connectivity index (χ3n) is 3.54. The van der Waals surface area contributed by atoms with Gasteiger partial charge < -0.3 is 5.73 Å². The van der Waals surface area contributed by atoms with E-state index in [-0.39, 0.29) is 27.4 Å². The molecule has 0 saturated heterocycles. The van der Waals surface area contributed by atoms with E-state index in [1.807, 2.05) is 0 Å². The maximum atomic E-state index is 12.5. The normalized spacial score (nSPS) is 11.4. The SMILES string of the molecule is Cc1c(Br)ccc(C#N)c1C(F)(F)F.Cc1c(N)ccc(Cl)c1C(F)(F)F. The van der Waals surface area contributed by atoms with E-state index in [9.17, 15) is 26.3 Å². The van der Waals surface area contributed by atoms with Crippen molar-refractivity contribution in [2.75, 3.05) is 5.73 Å². The predicted octanol–water partition coefficient (Wildman–Crippen LogP) is 6.90. The minimum atomic E-state index is -4.49. The summed E-state index contributed by atoms with van der Waals surface area (Å²) in [6.07, 6.45) is -8.94. The van der Waals surface area contributed by atoms with Crippen molar-refractivity contribution in [1.82, 2.24) is 0 Å². The average Bonchev–Trinajstić information content (AvgIpc) is 2.52. The molecule has 2 nitrogen and oxygen atoms in total. The molecule has 0 heterocycles. The van der Waals surface area contributed by atoms with Gasteiger partial charge in [-0.15, -0.1) is 0 Å². The maximum absolute atomic E-state index is 12.5. The number of nitrogens with two attached hydrogens (primary N) is 1. The molecule has 0 aliphatic carbocycles. The minimum Gasteiger partial charge on any atom is -0.399 e. The lowest BCUT2D eigenvalue weighted by molar-refractivity contribution is -0.139. The van der Waals surface area contributed by atoms with Crippen LogP contribution in [-0.2, 0) is 12.4 Å². The van der Waals surface area contributed by atoms with Gasteiger partial charge in [0.05, 0.1) is 27.8 Å². The number of nitrogens with zero attached hydrogens (tertiary/aromatic N) is 1. The Kier molecular flexibility index (Phi) is 7.19. The van der Waals surface area contributed by atoms with Crippen molar-refractivity contribution >= 4 is 33.2 Å². The number of alkyl halides is 6. The molecule has 2 aromatic rings. The third kappa shape index (κ3) is 5.53. The Morgan fingerprint density at radius 1 is 0.926 bits per heavy atom. The van der Waals surface area contributed by atoms with E-state index in [4.69, 9.17) is 22.6 Å². The van der Waals surface area contributed by atoms with Gasteiger partial charge in [-0.3, -0.25) is 0 Å². The molecule has 0 fully saturated rings. The van der Waals surface area contributed by atoms with E-state index in [1.165, 1.54) is 32.0 Å². The fourth-order valence-corrected chi connectivity index (χ4v) is 2.83. The van der Waals surface area contributed by atoms with Crippen LogP contribution in [0.4, 0.5) is 32.0 Å². The van der Waals surface area contributed by atoms with Crippen LogP contribution in [0.25, 0.3) is 0 Å². The lowest BCUT2D eigenvalue weighted by atomic mass is 10.0. The summed E-state index contributed by atoms with van der Waals surface area (Å²) in [4.78, 5) is 0. The molecule has 10 heteroatoms. The number of anilines is 1. The highest BCUT2D eigenvalue weighted by atomic mass is 79.9. The molecule has 0 amide bonds. The summed E-state index contributed by atoms with van der Waals surface area (Å²) in [5.41, 5.74) is 3.36. The highest BCUT2D eigenvalue weighted by Gasteiger charge is 2.36. The Bertz CT molecular complexity index is 885. The van der Waals surface area contributed by atoms with Gasteiger partial charge in [0.25, 0.3) is 0 Å². The van der Waals surface area contributed by atoms with E-state index in [2.05, 4.69) is 15.9 Å². The van der Waals surface area contributed by atoms with Gasteiger partial charge in [-0.05, 0) is 49.2 Å². The molecule has 0 aliphatic heterocycles. The standard InChI is InChI=1S/C9H5BrF3N.C8H7ClF3N/c1-5-7(10)3-2-6(4-14)8(5)9(11,12)13;1-4-6(13)3-2-5(9)7(4)8(10,11)12/h2-3H,1H3;2-3H,13H2,1H3. The first-order valence-corrected chi connectivity index (χ1v) is 8.27. The number of benzene rings is 2. The quantitative estimate of drug-likeness (QED) is 0.334. The van der Waals surface area contributed by atoms with Crippen LogP contribution in [0.1, 0.15) is 27.8 Å². The molecule has 0 spiro atoms. The number of nitrogen functional groups attached to an aromatic ring is 1. The second-order valence-corrected chi connectivity index (χ2v) is 6.60. The van der Waals surface area contributed by atoms with Crippen molar-refractivity contribution in [3.63, 3.8) is 0 Å². The first-order valence-electron chi connectivity index (χ1n) is 7.10. The number of nitriles is 1. The molecular formula is C17H12BrClF6N2. The summed E-state index contributed by atoms with van der Waals surface area (Å²) in [6, 6.07) is 6.62. The molecule has 2 N–H and O–H groups in total. The fourth-order valence-electron chi connectivity index (χ4n) is 2.19. The van der Waals surface area contributed by atoms with Crippen molar-refractivity contribution in [2.45, 2.75) is 26.2 Å². The summed E-state index contributed by atoms with van der Waals surface area (Å²) in [5, 5.41) is 8.21. The number of hydrogen-bond acceptors (Lipinski definition) is 2. The maximum Gasteiger partial charge on any atom is 0.418 e. The molecule has 0 unspecified atom stereocenters. The summed E-state index contributed by atoms with van der Waals surface area (Å²) in [5.74, 6) is 0. The first kappa shape index (κ1) is 23.1. The molecule has 0 bridgehead atoms. The zero-order valence-corrected chi connectivity index (χ0v) is 16.2. The van der Waals surface area contributed by atoms with Crippen LogP contribution >= 0.6 is 27.5 Å². The molecular weight excluding hydrogens is 462 g/mol. The van der Waals surface area contributed by atoms with E-state index in [1.54, 1.807) is 0 Å². The zero-order valence-electron chi connectivity index (χ0n) is 13.9. The number of halogens is 8. The van der Waals surface area contributed by atoms with Crippen LogP contribution in [-0.4, -0.2) is 0 Å². The van der Waals surface area contributed by atoms with Crippen LogP contribution in [0, 0.1) is 25.2 Å². The summed E-state index contributed by atoms with van der Waals surface area (Å²) < 4.78 is 74.9. The van der Waals surface area contributed by atoms with Crippen molar-refractivity contribution in [2.24, 2.45) is 0 Å².